The van der Waals surface area contributed by atoms with Crippen molar-refractivity contribution in [2.24, 2.45) is 5.92 Å². The van der Waals surface area contributed by atoms with Crippen molar-refractivity contribution in [1.29, 1.82) is 0 Å². The zero-order chi connectivity index (χ0) is 14.5. The van der Waals surface area contributed by atoms with Gasteiger partial charge in [-0.3, -0.25) is 0 Å². The van der Waals surface area contributed by atoms with Gasteiger partial charge in [0, 0.05) is 23.2 Å². The molecule has 0 aromatic heterocycles. The second-order valence-electron chi connectivity index (χ2n) is 6.18. The molecule has 0 spiro atoms. The van der Waals surface area contributed by atoms with E-state index in [1.165, 1.54) is 50.2 Å². The zero-order valence-corrected chi connectivity index (χ0v) is 13.4. The molecule has 116 valence electrons. The van der Waals surface area contributed by atoms with Gasteiger partial charge in [0.25, 0.3) is 0 Å². The molecule has 2 fully saturated rings. The highest BCUT2D eigenvalue weighted by Crippen LogP contribution is 2.26. The summed E-state index contributed by atoms with van der Waals surface area (Å²) < 4.78 is 12.8. The number of hydrogen-bond acceptors (Lipinski definition) is 3. The molecule has 2 nitrogen and oxygen atoms in total. The summed E-state index contributed by atoms with van der Waals surface area (Å²) in [6, 6.07) is 7.63. The van der Waals surface area contributed by atoms with Crippen LogP contribution in [-0.4, -0.2) is 42.9 Å². The van der Waals surface area contributed by atoms with E-state index in [1.807, 2.05) is 23.9 Å². The lowest BCUT2D eigenvalue weighted by molar-refractivity contribution is 0.171. The van der Waals surface area contributed by atoms with Crippen molar-refractivity contribution in [1.82, 2.24) is 10.2 Å². The molecule has 2 heterocycles. The Hall–Kier alpha value is -0.580. The SMILES string of the molecule is Fc1ccc(SCCN2CCC(C3CCCN3)CC2)cc1. The predicted octanol–water partition coefficient (Wildman–Crippen LogP) is 3.38. The highest BCUT2D eigenvalue weighted by molar-refractivity contribution is 7.99. The lowest BCUT2D eigenvalue weighted by atomic mass is 9.88. The van der Waals surface area contributed by atoms with Crippen LogP contribution >= 0.6 is 11.8 Å². The van der Waals surface area contributed by atoms with Crippen molar-refractivity contribution in [2.75, 3.05) is 31.9 Å². The first-order chi connectivity index (χ1) is 10.3. The van der Waals surface area contributed by atoms with Gasteiger partial charge in [-0.1, -0.05) is 0 Å². The molecule has 0 saturated carbocycles. The van der Waals surface area contributed by atoms with E-state index >= 15 is 0 Å². The van der Waals surface area contributed by atoms with E-state index in [0.717, 1.165) is 24.3 Å². The van der Waals surface area contributed by atoms with Crippen LogP contribution < -0.4 is 5.32 Å². The normalized spacial score (nSPS) is 24.5. The Kier molecular flexibility index (Phi) is 5.55. The van der Waals surface area contributed by atoms with Crippen molar-refractivity contribution in [3.05, 3.63) is 30.1 Å². The van der Waals surface area contributed by atoms with Crippen LogP contribution in [0, 0.1) is 11.7 Å². The van der Waals surface area contributed by atoms with Gasteiger partial charge in [-0.25, -0.2) is 4.39 Å². The summed E-state index contributed by atoms with van der Waals surface area (Å²) in [5, 5.41) is 3.66. The molecule has 21 heavy (non-hydrogen) atoms. The molecule has 0 radical (unpaired) electrons. The number of benzene rings is 1. The minimum atomic E-state index is -0.151. The summed E-state index contributed by atoms with van der Waals surface area (Å²) in [6.45, 7) is 4.85. The zero-order valence-electron chi connectivity index (χ0n) is 12.6. The number of likely N-dealkylation sites (tertiary alicyclic amines) is 1. The van der Waals surface area contributed by atoms with Crippen molar-refractivity contribution >= 4 is 11.8 Å². The largest absolute Gasteiger partial charge is 0.314 e. The lowest BCUT2D eigenvalue weighted by Crippen LogP contribution is -2.41. The molecule has 1 aromatic carbocycles. The fourth-order valence-electron chi connectivity index (χ4n) is 3.52. The van der Waals surface area contributed by atoms with Crippen molar-refractivity contribution in [3.8, 4) is 0 Å². The Balaban J connectivity index is 1.34. The first kappa shape index (κ1) is 15.3. The summed E-state index contributed by atoms with van der Waals surface area (Å²) in [4.78, 5) is 3.75. The molecule has 1 atom stereocenters. The van der Waals surface area contributed by atoms with E-state index in [2.05, 4.69) is 10.2 Å². The first-order valence-corrected chi connectivity index (χ1v) is 9.14. The average Bonchev–Trinajstić information content (AvgIpc) is 3.04. The molecule has 2 aliphatic heterocycles. The minimum Gasteiger partial charge on any atom is -0.314 e. The van der Waals surface area contributed by atoms with E-state index in [0.29, 0.717) is 0 Å². The number of halogens is 1. The number of thioether (sulfide) groups is 1. The van der Waals surface area contributed by atoms with Gasteiger partial charge in [0.2, 0.25) is 0 Å². The fourth-order valence-corrected chi connectivity index (χ4v) is 4.43. The molecule has 0 amide bonds. The number of nitrogens with one attached hydrogen (secondary N) is 1. The van der Waals surface area contributed by atoms with Crippen LogP contribution in [0.3, 0.4) is 0 Å². The van der Waals surface area contributed by atoms with E-state index in [-0.39, 0.29) is 5.82 Å². The van der Waals surface area contributed by atoms with E-state index in [1.54, 1.807) is 12.1 Å². The number of hydrogen-bond donors (Lipinski definition) is 1. The third-order valence-corrected chi connectivity index (χ3v) is 5.78. The number of nitrogens with zero attached hydrogens (tertiary/aromatic N) is 1. The van der Waals surface area contributed by atoms with Crippen LogP contribution in [0.5, 0.6) is 0 Å². The topological polar surface area (TPSA) is 15.3 Å². The lowest BCUT2D eigenvalue weighted by Gasteiger charge is -2.34. The molecule has 2 aliphatic rings. The third-order valence-electron chi connectivity index (χ3n) is 4.79. The van der Waals surface area contributed by atoms with Crippen LogP contribution in [0.4, 0.5) is 4.39 Å². The monoisotopic (exact) mass is 308 g/mol. The van der Waals surface area contributed by atoms with Gasteiger partial charge in [-0.15, -0.1) is 11.8 Å². The Labute approximate surface area is 131 Å². The van der Waals surface area contributed by atoms with E-state index < -0.39 is 0 Å². The molecule has 1 unspecified atom stereocenters. The van der Waals surface area contributed by atoms with Gasteiger partial charge >= 0.3 is 0 Å². The van der Waals surface area contributed by atoms with Crippen LogP contribution in [0.25, 0.3) is 0 Å². The first-order valence-electron chi connectivity index (χ1n) is 8.15. The second-order valence-corrected chi connectivity index (χ2v) is 7.35. The molecule has 0 bridgehead atoms. The summed E-state index contributed by atoms with van der Waals surface area (Å²) >= 11 is 1.83. The maximum absolute atomic E-state index is 12.8. The Bertz CT molecular complexity index is 423. The van der Waals surface area contributed by atoms with Gasteiger partial charge in [0.05, 0.1) is 0 Å². The molecule has 2 saturated heterocycles. The van der Waals surface area contributed by atoms with Gasteiger partial charge in [-0.05, 0) is 75.5 Å². The van der Waals surface area contributed by atoms with Crippen LogP contribution in [0.2, 0.25) is 0 Å². The highest BCUT2D eigenvalue weighted by atomic mass is 32.2. The third kappa shape index (κ3) is 4.44. The van der Waals surface area contributed by atoms with Gasteiger partial charge in [-0.2, -0.15) is 0 Å². The van der Waals surface area contributed by atoms with Gasteiger partial charge in [0.15, 0.2) is 0 Å². The summed E-state index contributed by atoms with van der Waals surface area (Å²) in [7, 11) is 0. The van der Waals surface area contributed by atoms with Gasteiger partial charge in [0.1, 0.15) is 5.82 Å². The summed E-state index contributed by atoms with van der Waals surface area (Å²) in [6.07, 6.45) is 5.43. The molecule has 3 rings (SSSR count). The molecular weight excluding hydrogens is 283 g/mol. The standard InChI is InChI=1S/C17H25FN2S/c18-15-3-5-16(6-4-15)21-13-12-20-10-7-14(8-11-20)17-2-1-9-19-17/h3-6,14,17,19H,1-2,7-13H2. The van der Waals surface area contributed by atoms with Gasteiger partial charge < -0.3 is 10.2 Å². The predicted molar refractivity (Wildman–Crippen MR) is 87.3 cm³/mol. The number of piperidine rings is 1. The maximum Gasteiger partial charge on any atom is 0.123 e. The van der Waals surface area contributed by atoms with E-state index in [4.69, 9.17) is 0 Å². The average molecular weight is 308 g/mol. The fraction of sp³-hybridized carbons (Fsp3) is 0.647. The molecule has 1 aromatic rings. The van der Waals surface area contributed by atoms with Crippen LogP contribution in [0.1, 0.15) is 25.7 Å². The highest BCUT2D eigenvalue weighted by Gasteiger charge is 2.27. The van der Waals surface area contributed by atoms with Crippen LogP contribution in [0.15, 0.2) is 29.2 Å². The molecule has 0 aliphatic carbocycles. The smallest absolute Gasteiger partial charge is 0.123 e. The molecular formula is C17H25FN2S. The summed E-state index contributed by atoms with van der Waals surface area (Å²) in [5.41, 5.74) is 0. The summed E-state index contributed by atoms with van der Waals surface area (Å²) in [5.74, 6) is 1.84. The van der Waals surface area contributed by atoms with Crippen molar-refractivity contribution in [2.45, 2.75) is 36.6 Å². The number of rotatable bonds is 5. The Morgan fingerprint density at radius 2 is 1.90 bits per heavy atom. The maximum atomic E-state index is 12.8. The molecule has 4 heteroatoms. The Morgan fingerprint density at radius 3 is 2.57 bits per heavy atom. The second kappa shape index (κ2) is 7.61. The van der Waals surface area contributed by atoms with Crippen molar-refractivity contribution < 1.29 is 4.39 Å². The minimum absolute atomic E-state index is 0.151. The van der Waals surface area contributed by atoms with E-state index in [9.17, 15) is 4.39 Å². The molecule has 1 N–H and O–H groups in total. The Morgan fingerprint density at radius 1 is 1.14 bits per heavy atom. The quantitative estimate of drug-likeness (QED) is 0.840. The van der Waals surface area contributed by atoms with Crippen LogP contribution in [-0.2, 0) is 0 Å². The van der Waals surface area contributed by atoms with Crippen molar-refractivity contribution in [3.63, 3.8) is 0 Å².